The van der Waals surface area contributed by atoms with E-state index in [4.69, 9.17) is 14.2 Å². The molecule has 0 fully saturated rings. The van der Waals surface area contributed by atoms with E-state index in [1.165, 1.54) is 0 Å². The molecule has 22 heavy (non-hydrogen) atoms. The number of methoxy groups -OCH3 is 3. The van der Waals surface area contributed by atoms with Crippen LogP contribution in [0.3, 0.4) is 0 Å². The molecule has 2 rings (SSSR count). The van der Waals surface area contributed by atoms with E-state index in [1.54, 1.807) is 21.3 Å². The van der Waals surface area contributed by atoms with Crippen molar-refractivity contribution in [2.45, 2.75) is 32.9 Å². The van der Waals surface area contributed by atoms with Crippen molar-refractivity contribution in [2.24, 2.45) is 0 Å². The first-order valence-electron chi connectivity index (χ1n) is 7.39. The lowest BCUT2D eigenvalue weighted by atomic mass is 10.1. The van der Waals surface area contributed by atoms with Crippen molar-refractivity contribution >= 4 is 0 Å². The van der Waals surface area contributed by atoms with Gasteiger partial charge in [0.05, 0.1) is 19.8 Å². The second-order valence-electron chi connectivity index (χ2n) is 4.90. The van der Waals surface area contributed by atoms with Crippen molar-refractivity contribution in [2.75, 3.05) is 21.3 Å². The monoisotopic (exact) mass is 305 g/mol. The van der Waals surface area contributed by atoms with E-state index in [2.05, 4.69) is 17.0 Å². The fraction of sp³-hybridized carbons (Fsp3) is 0.500. The largest absolute Gasteiger partial charge is 0.493 e. The van der Waals surface area contributed by atoms with Crippen LogP contribution < -0.4 is 9.47 Å². The molecular formula is C16H23N3O3. The lowest BCUT2D eigenvalue weighted by Crippen LogP contribution is -2.04. The number of ether oxygens (including phenoxy) is 3. The molecule has 0 radical (unpaired) electrons. The Morgan fingerprint density at radius 2 is 1.95 bits per heavy atom. The molecule has 1 aromatic heterocycles. The molecule has 0 saturated heterocycles. The average molecular weight is 305 g/mol. The van der Waals surface area contributed by atoms with Crippen LogP contribution in [0, 0.1) is 0 Å². The Labute approximate surface area is 131 Å². The predicted molar refractivity (Wildman–Crippen MR) is 84.2 cm³/mol. The summed E-state index contributed by atoms with van der Waals surface area (Å²) in [7, 11) is 4.89. The summed E-state index contributed by atoms with van der Waals surface area (Å²) in [5, 5.41) is 4.53. The molecule has 0 atom stereocenters. The van der Waals surface area contributed by atoms with Gasteiger partial charge in [-0.15, -0.1) is 0 Å². The van der Waals surface area contributed by atoms with Crippen LogP contribution in [0.15, 0.2) is 18.2 Å². The van der Waals surface area contributed by atoms with Gasteiger partial charge in [-0.05, 0) is 18.6 Å². The standard InChI is InChI=1S/C16H23N3O3/c1-5-6-10-19-16(17-14(18-19)11-20-2)12-8-7-9-13(21-3)15(12)22-4/h7-9H,5-6,10-11H2,1-4H3. The van der Waals surface area contributed by atoms with Gasteiger partial charge in [-0.1, -0.05) is 19.4 Å². The number of benzene rings is 1. The Morgan fingerprint density at radius 3 is 2.59 bits per heavy atom. The van der Waals surface area contributed by atoms with Crippen LogP contribution in [0.1, 0.15) is 25.6 Å². The molecule has 0 aliphatic rings. The molecule has 6 nitrogen and oxygen atoms in total. The Hall–Kier alpha value is -2.08. The predicted octanol–water partition coefficient (Wildman–Crippen LogP) is 2.91. The normalized spacial score (nSPS) is 10.7. The average Bonchev–Trinajstić information content (AvgIpc) is 2.95. The molecule has 0 N–H and O–H groups in total. The van der Waals surface area contributed by atoms with Crippen LogP contribution in [0.5, 0.6) is 11.5 Å². The Bertz CT molecular complexity index is 611. The van der Waals surface area contributed by atoms with Crippen LogP contribution in [-0.4, -0.2) is 36.1 Å². The lowest BCUT2D eigenvalue weighted by molar-refractivity contribution is 0.177. The second-order valence-corrected chi connectivity index (χ2v) is 4.90. The second kappa shape index (κ2) is 7.79. The van der Waals surface area contributed by atoms with E-state index in [0.717, 1.165) is 30.8 Å². The van der Waals surface area contributed by atoms with Gasteiger partial charge in [-0.3, -0.25) is 0 Å². The number of aromatic nitrogens is 3. The molecule has 6 heteroatoms. The fourth-order valence-corrected chi connectivity index (χ4v) is 2.31. The summed E-state index contributed by atoms with van der Waals surface area (Å²) in [5.41, 5.74) is 0.868. The molecule has 0 aliphatic carbocycles. The van der Waals surface area contributed by atoms with Crippen molar-refractivity contribution in [1.29, 1.82) is 0 Å². The third kappa shape index (κ3) is 3.39. The van der Waals surface area contributed by atoms with E-state index >= 15 is 0 Å². The number of aryl methyl sites for hydroxylation is 1. The Balaban J connectivity index is 2.50. The molecule has 1 aromatic carbocycles. The third-order valence-electron chi connectivity index (χ3n) is 3.36. The van der Waals surface area contributed by atoms with Gasteiger partial charge in [0.1, 0.15) is 6.61 Å². The van der Waals surface area contributed by atoms with Crippen LogP contribution in [0.2, 0.25) is 0 Å². The molecule has 0 bridgehead atoms. The maximum Gasteiger partial charge on any atom is 0.176 e. The quantitative estimate of drug-likeness (QED) is 0.750. The lowest BCUT2D eigenvalue weighted by Gasteiger charge is -2.12. The van der Waals surface area contributed by atoms with Crippen molar-refractivity contribution in [3.05, 3.63) is 24.0 Å². The molecular weight excluding hydrogens is 282 g/mol. The van der Waals surface area contributed by atoms with Crippen LogP contribution in [-0.2, 0) is 17.9 Å². The van der Waals surface area contributed by atoms with Gasteiger partial charge in [0.25, 0.3) is 0 Å². The van der Waals surface area contributed by atoms with Gasteiger partial charge in [0, 0.05) is 13.7 Å². The van der Waals surface area contributed by atoms with Gasteiger partial charge in [0.2, 0.25) is 0 Å². The summed E-state index contributed by atoms with van der Waals surface area (Å²) in [6.07, 6.45) is 2.13. The van der Waals surface area contributed by atoms with E-state index < -0.39 is 0 Å². The Morgan fingerprint density at radius 1 is 1.14 bits per heavy atom. The van der Waals surface area contributed by atoms with Gasteiger partial charge < -0.3 is 14.2 Å². The Kier molecular flexibility index (Phi) is 5.77. The van der Waals surface area contributed by atoms with Crippen LogP contribution >= 0.6 is 0 Å². The topological polar surface area (TPSA) is 58.4 Å². The van der Waals surface area contributed by atoms with Gasteiger partial charge in [-0.25, -0.2) is 9.67 Å². The van der Waals surface area contributed by atoms with Crippen molar-refractivity contribution in [1.82, 2.24) is 14.8 Å². The number of hydrogen-bond donors (Lipinski definition) is 0. The van der Waals surface area contributed by atoms with Gasteiger partial charge >= 0.3 is 0 Å². The molecule has 0 saturated carbocycles. The van der Waals surface area contributed by atoms with E-state index in [-0.39, 0.29) is 0 Å². The number of nitrogens with zero attached hydrogens (tertiary/aromatic N) is 3. The summed E-state index contributed by atoms with van der Waals surface area (Å²) in [5.74, 6) is 2.78. The summed E-state index contributed by atoms with van der Waals surface area (Å²) in [6.45, 7) is 3.35. The third-order valence-corrected chi connectivity index (χ3v) is 3.36. The highest BCUT2D eigenvalue weighted by molar-refractivity contribution is 5.69. The fourth-order valence-electron chi connectivity index (χ4n) is 2.31. The SMILES string of the molecule is CCCCn1nc(COC)nc1-c1cccc(OC)c1OC. The number of rotatable bonds is 8. The van der Waals surface area contributed by atoms with Crippen LogP contribution in [0.25, 0.3) is 11.4 Å². The molecule has 0 amide bonds. The number of hydrogen-bond acceptors (Lipinski definition) is 5. The highest BCUT2D eigenvalue weighted by Gasteiger charge is 2.18. The molecule has 1 heterocycles. The first kappa shape index (κ1) is 16.3. The zero-order chi connectivity index (χ0) is 15.9. The smallest absolute Gasteiger partial charge is 0.176 e. The van der Waals surface area contributed by atoms with E-state index in [1.807, 2.05) is 22.9 Å². The minimum atomic E-state index is 0.387. The molecule has 2 aromatic rings. The molecule has 0 aliphatic heterocycles. The highest BCUT2D eigenvalue weighted by Crippen LogP contribution is 2.37. The van der Waals surface area contributed by atoms with Crippen molar-refractivity contribution in [3.63, 3.8) is 0 Å². The van der Waals surface area contributed by atoms with Crippen LogP contribution in [0.4, 0.5) is 0 Å². The summed E-state index contributed by atoms with van der Waals surface area (Å²) in [6, 6.07) is 5.75. The summed E-state index contributed by atoms with van der Waals surface area (Å²) in [4.78, 5) is 4.60. The first-order chi connectivity index (χ1) is 10.7. The zero-order valence-corrected chi connectivity index (χ0v) is 13.6. The molecule has 0 spiro atoms. The van der Waals surface area contributed by atoms with Crippen molar-refractivity contribution in [3.8, 4) is 22.9 Å². The zero-order valence-electron chi connectivity index (χ0n) is 13.6. The maximum absolute atomic E-state index is 5.51. The minimum Gasteiger partial charge on any atom is -0.493 e. The highest BCUT2D eigenvalue weighted by atomic mass is 16.5. The van der Waals surface area contributed by atoms with E-state index in [0.29, 0.717) is 23.9 Å². The number of unbranched alkanes of at least 4 members (excludes halogenated alkanes) is 1. The number of para-hydroxylation sites is 1. The van der Waals surface area contributed by atoms with Gasteiger partial charge in [0.15, 0.2) is 23.1 Å². The minimum absolute atomic E-state index is 0.387. The summed E-state index contributed by atoms with van der Waals surface area (Å²) < 4.78 is 17.9. The maximum atomic E-state index is 5.51. The van der Waals surface area contributed by atoms with E-state index in [9.17, 15) is 0 Å². The molecule has 0 unspecified atom stereocenters. The van der Waals surface area contributed by atoms with Crippen molar-refractivity contribution < 1.29 is 14.2 Å². The first-order valence-corrected chi connectivity index (χ1v) is 7.39. The summed E-state index contributed by atoms with van der Waals surface area (Å²) >= 11 is 0. The van der Waals surface area contributed by atoms with Gasteiger partial charge in [-0.2, -0.15) is 5.10 Å². The molecule has 120 valence electrons.